The molecule has 0 radical (unpaired) electrons. The van der Waals surface area contributed by atoms with Crippen molar-refractivity contribution in [3.8, 4) is 33.4 Å². The fraction of sp³-hybridized carbons (Fsp3) is 0. The van der Waals surface area contributed by atoms with Gasteiger partial charge in [0.1, 0.15) is 16.7 Å². The average molecular weight is 537 g/mol. The van der Waals surface area contributed by atoms with Crippen molar-refractivity contribution >= 4 is 54.5 Å². The summed E-state index contributed by atoms with van der Waals surface area (Å²) in [6.45, 7) is 0. The number of furan rings is 2. The van der Waals surface area contributed by atoms with E-state index in [2.05, 4.69) is 127 Å². The Balaban J connectivity index is 1.29. The smallest absolute Gasteiger partial charge is 0.145 e. The van der Waals surface area contributed by atoms with E-state index in [9.17, 15) is 0 Å². The Kier molecular flexibility index (Phi) is 4.93. The molecular formula is C40H24O2. The van der Waals surface area contributed by atoms with E-state index in [1.165, 1.54) is 49.4 Å². The van der Waals surface area contributed by atoms with Crippen LogP contribution in [0.1, 0.15) is 0 Å². The van der Waals surface area contributed by atoms with E-state index >= 15 is 0 Å². The molecule has 9 rings (SSSR count). The van der Waals surface area contributed by atoms with Crippen molar-refractivity contribution in [1.82, 2.24) is 0 Å². The Morgan fingerprint density at radius 1 is 0.381 bits per heavy atom. The molecule has 0 aliphatic rings. The van der Waals surface area contributed by atoms with Gasteiger partial charge in [-0.3, -0.25) is 0 Å². The molecule has 0 spiro atoms. The molecule has 2 heterocycles. The highest BCUT2D eigenvalue weighted by Gasteiger charge is 2.19. The van der Waals surface area contributed by atoms with Crippen LogP contribution in [0.25, 0.3) is 87.8 Å². The van der Waals surface area contributed by atoms with Crippen LogP contribution in [0, 0.1) is 0 Å². The lowest BCUT2D eigenvalue weighted by Gasteiger charge is -2.18. The number of benzene rings is 7. The minimum atomic E-state index is 0.841. The van der Waals surface area contributed by atoms with Gasteiger partial charge in [0.05, 0.1) is 11.6 Å². The second-order valence-electron chi connectivity index (χ2n) is 10.9. The maximum Gasteiger partial charge on any atom is 0.145 e. The quantitative estimate of drug-likeness (QED) is 0.210. The fourth-order valence-electron chi connectivity index (χ4n) is 6.65. The summed E-state index contributed by atoms with van der Waals surface area (Å²) < 4.78 is 12.3. The maximum atomic E-state index is 6.40. The molecule has 0 unspecified atom stereocenters. The van der Waals surface area contributed by atoms with E-state index in [4.69, 9.17) is 8.83 Å². The topological polar surface area (TPSA) is 26.3 Å². The van der Waals surface area contributed by atoms with Gasteiger partial charge in [-0.15, -0.1) is 0 Å². The van der Waals surface area contributed by atoms with Crippen LogP contribution in [-0.2, 0) is 0 Å². The molecule has 2 nitrogen and oxygen atoms in total. The van der Waals surface area contributed by atoms with Gasteiger partial charge in [0.25, 0.3) is 0 Å². The van der Waals surface area contributed by atoms with Crippen LogP contribution in [0.5, 0.6) is 0 Å². The predicted octanol–water partition coefficient (Wildman–Crippen LogP) is 11.6. The third-order valence-electron chi connectivity index (χ3n) is 8.56. The van der Waals surface area contributed by atoms with Gasteiger partial charge in [-0.1, -0.05) is 109 Å². The van der Waals surface area contributed by atoms with Crippen LogP contribution in [0.3, 0.4) is 0 Å². The molecule has 9 aromatic rings. The summed E-state index contributed by atoms with van der Waals surface area (Å²) in [7, 11) is 0. The largest absolute Gasteiger partial charge is 0.464 e. The van der Waals surface area contributed by atoms with Crippen molar-refractivity contribution in [2.45, 2.75) is 0 Å². The molecule has 0 aliphatic carbocycles. The number of hydrogen-bond acceptors (Lipinski definition) is 2. The summed E-state index contributed by atoms with van der Waals surface area (Å²) in [5, 5.41) is 8.10. The molecule has 0 bridgehead atoms. The van der Waals surface area contributed by atoms with Gasteiger partial charge < -0.3 is 8.83 Å². The Morgan fingerprint density at radius 3 is 1.64 bits per heavy atom. The maximum absolute atomic E-state index is 6.40. The second-order valence-corrected chi connectivity index (χ2v) is 10.9. The zero-order valence-electron chi connectivity index (χ0n) is 22.7. The van der Waals surface area contributed by atoms with Crippen LogP contribution in [0.2, 0.25) is 0 Å². The predicted molar refractivity (Wildman–Crippen MR) is 175 cm³/mol. The van der Waals surface area contributed by atoms with E-state index < -0.39 is 0 Å². The second kappa shape index (κ2) is 8.95. The van der Waals surface area contributed by atoms with Crippen molar-refractivity contribution < 1.29 is 8.83 Å². The molecule has 42 heavy (non-hydrogen) atoms. The standard InChI is InChI=1S/C40H24O2/c1-2-8-25(9-3-1)26-14-16-27(17-15-26)37-30-10-4-6-12-32(30)38(33-13-7-5-11-31(33)37)29-18-20-34-36(24-29)42-35-21-19-28-22-23-41-40(28)39(34)35/h1-24H. The minimum absolute atomic E-state index is 0.841. The molecule has 0 aliphatic heterocycles. The van der Waals surface area contributed by atoms with E-state index in [0.29, 0.717) is 0 Å². The molecule has 0 saturated heterocycles. The number of rotatable bonds is 3. The van der Waals surface area contributed by atoms with Gasteiger partial charge in [-0.05, 0) is 85.3 Å². The highest BCUT2D eigenvalue weighted by molar-refractivity contribution is 6.22. The first-order valence-electron chi connectivity index (χ1n) is 14.3. The molecule has 0 atom stereocenters. The zero-order valence-corrected chi connectivity index (χ0v) is 22.7. The molecule has 0 saturated carbocycles. The molecule has 0 amide bonds. The highest BCUT2D eigenvalue weighted by Crippen LogP contribution is 2.45. The Hall–Kier alpha value is -5.60. The van der Waals surface area contributed by atoms with E-state index in [1.54, 1.807) is 6.26 Å². The van der Waals surface area contributed by atoms with E-state index in [1.807, 2.05) is 12.1 Å². The lowest BCUT2D eigenvalue weighted by molar-refractivity contribution is 0.618. The molecule has 196 valence electrons. The first-order chi connectivity index (χ1) is 20.8. The van der Waals surface area contributed by atoms with Crippen molar-refractivity contribution in [3.63, 3.8) is 0 Å². The van der Waals surface area contributed by atoms with Crippen LogP contribution < -0.4 is 0 Å². The molecule has 7 aromatic carbocycles. The third kappa shape index (κ3) is 3.39. The Morgan fingerprint density at radius 2 is 0.952 bits per heavy atom. The van der Waals surface area contributed by atoms with Crippen molar-refractivity contribution in [1.29, 1.82) is 0 Å². The van der Waals surface area contributed by atoms with Crippen LogP contribution in [0.15, 0.2) is 155 Å². The van der Waals surface area contributed by atoms with Crippen LogP contribution >= 0.6 is 0 Å². The molecule has 0 fully saturated rings. The van der Waals surface area contributed by atoms with Gasteiger partial charge in [-0.25, -0.2) is 0 Å². The van der Waals surface area contributed by atoms with Crippen molar-refractivity contribution in [2.75, 3.05) is 0 Å². The lowest BCUT2D eigenvalue weighted by atomic mass is 9.85. The van der Waals surface area contributed by atoms with E-state index in [0.717, 1.165) is 38.5 Å². The lowest BCUT2D eigenvalue weighted by Crippen LogP contribution is -1.91. The third-order valence-corrected chi connectivity index (χ3v) is 8.56. The van der Waals surface area contributed by atoms with Gasteiger partial charge in [-0.2, -0.15) is 0 Å². The molecule has 2 heteroatoms. The fourth-order valence-corrected chi connectivity index (χ4v) is 6.65. The molecule has 2 aromatic heterocycles. The monoisotopic (exact) mass is 536 g/mol. The number of hydrogen-bond donors (Lipinski definition) is 0. The average Bonchev–Trinajstić information content (AvgIpc) is 3.68. The molecule has 0 N–H and O–H groups in total. The van der Waals surface area contributed by atoms with Gasteiger partial charge >= 0.3 is 0 Å². The highest BCUT2D eigenvalue weighted by atomic mass is 16.3. The SMILES string of the molecule is c1ccc(-c2ccc(-c3c4ccccc4c(-c4ccc5c(c4)oc4ccc6ccoc6c45)c4ccccc34)cc2)cc1. The van der Waals surface area contributed by atoms with Crippen LogP contribution in [-0.4, -0.2) is 0 Å². The van der Waals surface area contributed by atoms with Gasteiger partial charge in [0, 0.05) is 10.8 Å². The molecular weight excluding hydrogens is 512 g/mol. The first kappa shape index (κ1) is 23.1. The number of fused-ring (bicyclic) bond motifs is 7. The summed E-state index contributed by atoms with van der Waals surface area (Å²) in [4.78, 5) is 0. The summed E-state index contributed by atoms with van der Waals surface area (Å²) in [6.07, 6.45) is 1.74. The zero-order chi connectivity index (χ0) is 27.6. The summed E-state index contributed by atoms with van der Waals surface area (Å²) in [5.41, 5.74) is 9.84. The summed E-state index contributed by atoms with van der Waals surface area (Å²) in [5.74, 6) is 0. The van der Waals surface area contributed by atoms with Crippen molar-refractivity contribution in [3.05, 3.63) is 146 Å². The Labute approximate surface area is 242 Å². The minimum Gasteiger partial charge on any atom is -0.464 e. The Bertz CT molecular complexity index is 2380. The first-order valence-corrected chi connectivity index (χ1v) is 14.3. The summed E-state index contributed by atoms with van der Waals surface area (Å²) >= 11 is 0. The van der Waals surface area contributed by atoms with Crippen molar-refractivity contribution in [2.24, 2.45) is 0 Å². The normalized spacial score (nSPS) is 11.8. The van der Waals surface area contributed by atoms with Crippen LogP contribution in [0.4, 0.5) is 0 Å². The van der Waals surface area contributed by atoms with Gasteiger partial charge in [0.15, 0.2) is 0 Å². The van der Waals surface area contributed by atoms with Gasteiger partial charge in [0.2, 0.25) is 0 Å². The summed E-state index contributed by atoms with van der Waals surface area (Å²) in [6, 6.07) is 49.7. The van der Waals surface area contributed by atoms with E-state index in [-0.39, 0.29) is 0 Å².